The molecule has 0 fully saturated rings. The van der Waals surface area contributed by atoms with Crippen LogP contribution in [0, 0.1) is 0 Å². The quantitative estimate of drug-likeness (QED) is 0.222. The maximum atomic E-state index is 7.00. The number of fused-ring (bicyclic) bond motifs is 13. The molecule has 4 nitrogen and oxygen atoms in total. The number of aromatic nitrogens is 2. The Bertz CT molecular complexity index is 3320. The van der Waals surface area contributed by atoms with Gasteiger partial charge in [-0.1, -0.05) is 148 Å². The molecule has 10 aromatic rings. The third-order valence-corrected chi connectivity index (χ3v) is 12.1. The molecular weight excluding hydrogens is 705 g/mol. The number of anilines is 4. The first kappa shape index (κ1) is 34.1. The fourth-order valence-corrected chi connectivity index (χ4v) is 9.95. The van der Waals surface area contributed by atoms with E-state index >= 15 is 0 Å². The lowest BCUT2D eigenvalue weighted by Crippen LogP contribution is -2.45. The molecular formula is C46H22B6N4S. The Balaban J connectivity index is 1.38. The van der Waals surface area contributed by atoms with Crippen LogP contribution in [0.3, 0.4) is 0 Å². The third kappa shape index (κ3) is 5.01. The minimum absolute atomic E-state index is 0.351. The minimum atomic E-state index is 0.351. The van der Waals surface area contributed by atoms with Crippen molar-refractivity contribution < 1.29 is 0 Å². The summed E-state index contributed by atoms with van der Waals surface area (Å²) in [5, 5.41) is 11.6. The van der Waals surface area contributed by atoms with Crippen molar-refractivity contribution in [2.45, 2.75) is 0 Å². The van der Waals surface area contributed by atoms with Gasteiger partial charge in [0, 0.05) is 37.7 Å². The molecule has 1 aliphatic heterocycles. The molecule has 2 aromatic heterocycles. The zero-order valence-electron chi connectivity index (χ0n) is 30.4. The standard InChI is InChI=1S/C46H22B6N4S/c47-24-19-31(49)41(32(50)20-24)42-29-13-5-7-15-35(29)53-46(54-42)56-44-40(28-12-4-3-11-27(28)38-30-14-6-8-16-37(30)57-45(38)44)39-26-10-2-1-9-23(26)17-18-36(39)55(56)43-33(51)21-25(48)22-34(43)52/h1-22H. The highest BCUT2D eigenvalue weighted by Crippen LogP contribution is 2.58. The van der Waals surface area contributed by atoms with Crippen LogP contribution in [0.1, 0.15) is 0 Å². The van der Waals surface area contributed by atoms with Crippen molar-refractivity contribution in [2.24, 2.45) is 0 Å². The van der Waals surface area contributed by atoms with Gasteiger partial charge in [-0.2, -0.15) is 0 Å². The predicted octanol–water partition coefficient (Wildman–Crippen LogP) is 5.61. The first-order valence-electron chi connectivity index (χ1n) is 18.4. The van der Waals surface area contributed by atoms with Crippen molar-refractivity contribution in [1.29, 1.82) is 0 Å². The summed E-state index contributed by atoms with van der Waals surface area (Å²) in [7, 11) is 40.0. The molecule has 250 valence electrons. The van der Waals surface area contributed by atoms with Crippen LogP contribution < -0.4 is 42.8 Å². The van der Waals surface area contributed by atoms with Gasteiger partial charge in [0.05, 0.1) is 27.3 Å². The summed E-state index contributed by atoms with van der Waals surface area (Å²) < 4.78 is 2.20. The Morgan fingerprint density at radius 3 is 1.79 bits per heavy atom. The topological polar surface area (TPSA) is 32.3 Å². The summed E-state index contributed by atoms with van der Waals surface area (Å²) in [4.78, 5) is 10.8. The van der Waals surface area contributed by atoms with Gasteiger partial charge in [-0.25, -0.2) is 20.0 Å². The highest BCUT2D eigenvalue weighted by molar-refractivity contribution is 7.26. The lowest BCUT2D eigenvalue weighted by Gasteiger charge is -2.44. The number of thiophene rings is 1. The second-order valence-corrected chi connectivity index (χ2v) is 15.4. The monoisotopic (exact) mass is 728 g/mol. The molecule has 0 saturated heterocycles. The number of hydrogen-bond donors (Lipinski definition) is 0. The van der Waals surface area contributed by atoms with E-state index in [9.17, 15) is 0 Å². The van der Waals surface area contributed by atoms with Crippen molar-refractivity contribution in [3.63, 3.8) is 0 Å². The average molecular weight is 728 g/mol. The van der Waals surface area contributed by atoms with Crippen LogP contribution in [0.25, 0.3) is 75.0 Å². The molecule has 0 bridgehead atoms. The van der Waals surface area contributed by atoms with Crippen LogP contribution >= 0.6 is 11.3 Å². The molecule has 8 aromatic carbocycles. The van der Waals surface area contributed by atoms with Crippen LogP contribution in [0.15, 0.2) is 133 Å². The van der Waals surface area contributed by atoms with Gasteiger partial charge in [-0.05, 0) is 45.3 Å². The highest BCUT2D eigenvalue weighted by atomic mass is 32.1. The van der Waals surface area contributed by atoms with E-state index in [1.807, 2.05) is 24.3 Å². The summed E-state index contributed by atoms with van der Waals surface area (Å²) >= 11 is 1.73. The lowest BCUT2D eigenvalue weighted by molar-refractivity contribution is 0.938. The number of hydrogen-bond acceptors (Lipinski definition) is 5. The van der Waals surface area contributed by atoms with Gasteiger partial charge in [-0.3, -0.25) is 0 Å². The molecule has 57 heavy (non-hydrogen) atoms. The predicted molar refractivity (Wildman–Crippen MR) is 248 cm³/mol. The number of nitrogens with zero attached hydrogens (tertiary/aromatic N) is 4. The van der Waals surface area contributed by atoms with Crippen LogP contribution in [-0.2, 0) is 0 Å². The second-order valence-electron chi connectivity index (χ2n) is 14.4. The molecule has 0 aliphatic carbocycles. The van der Waals surface area contributed by atoms with Gasteiger partial charge in [0.2, 0.25) is 0 Å². The van der Waals surface area contributed by atoms with Crippen molar-refractivity contribution >= 4 is 167 Å². The molecule has 11 rings (SSSR count). The van der Waals surface area contributed by atoms with Gasteiger partial charge in [0.1, 0.15) is 47.1 Å². The maximum Gasteiger partial charge on any atom is 0.251 e. The first-order valence-corrected chi connectivity index (χ1v) is 19.2. The zero-order chi connectivity index (χ0) is 38.7. The van der Waals surface area contributed by atoms with Crippen molar-refractivity contribution in [3.05, 3.63) is 133 Å². The molecule has 0 N–H and O–H groups in total. The summed E-state index contributed by atoms with van der Waals surface area (Å²) in [6, 6.07) is 44.5. The second kappa shape index (κ2) is 12.7. The van der Waals surface area contributed by atoms with Crippen LogP contribution in [0.4, 0.5) is 23.0 Å². The first-order chi connectivity index (χ1) is 27.8. The molecule has 12 radical (unpaired) electrons. The zero-order valence-corrected chi connectivity index (χ0v) is 31.2. The molecule has 0 saturated carbocycles. The van der Waals surface area contributed by atoms with E-state index in [0.717, 1.165) is 69.6 Å². The fourth-order valence-electron chi connectivity index (χ4n) is 8.70. The van der Waals surface area contributed by atoms with E-state index in [0.29, 0.717) is 61.2 Å². The fraction of sp³-hybridized carbons (Fsp3) is 0. The molecule has 3 heterocycles. The van der Waals surface area contributed by atoms with E-state index < -0.39 is 0 Å². The number of para-hydroxylation sites is 1. The van der Waals surface area contributed by atoms with E-state index in [2.05, 4.69) is 94.9 Å². The van der Waals surface area contributed by atoms with Crippen molar-refractivity contribution in [3.8, 4) is 22.4 Å². The Morgan fingerprint density at radius 1 is 0.456 bits per heavy atom. The summed E-state index contributed by atoms with van der Waals surface area (Å²) in [6.07, 6.45) is 0. The van der Waals surface area contributed by atoms with Crippen molar-refractivity contribution in [2.75, 3.05) is 10.0 Å². The molecule has 0 spiro atoms. The van der Waals surface area contributed by atoms with E-state index in [1.165, 1.54) is 0 Å². The molecule has 1 aliphatic rings. The van der Waals surface area contributed by atoms with E-state index in [4.69, 9.17) is 57.0 Å². The summed E-state index contributed by atoms with van der Waals surface area (Å²) in [5.41, 5.74) is 8.62. The van der Waals surface area contributed by atoms with E-state index in [-0.39, 0.29) is 0 Å². The smallest absolute Gasteiger partial charge is 0.247 e. The Hall–Kier alpha value is -6.17. The lowest BCUT2D eigenvalue weighted by atomic mass is 9.75. The van der Waals surface area contributed by atoms with Gasteiger partial charge in [0.25, 0.3) is 5.95 Å². The highest BCUT2D eigenvalue weighted by Gasteiger charge is 2.39. The molecule has 0 atom stereocenters. The maximum absolute atomic E-state index is 7.00. The van der Waals surface area contributed by atoms with Crippen LogP contribution in [0.2, 0.25) is 0 Å². The average Bonchev–Trinajstić information content (AvgIpc) is 3.60. The SMILES string of the molecule is [B]c1cc([B])c(-c2nc(N3c4c(c5ccccc5c5c4sc4ccccc45)-c4c(ccc5ccccc45)N3c3c([B])cc([B])cc3[B])nc3ccccc23)c([B])c1. The normalized spacial score (nSPS) is 12.6. The molecule has 11 heteroatoms. The molecule has 0 amide bonds. The Labute approximate surface area is 341 Å². The Kier molecular flexibility index (Phi) is 7.58. The third-order valence-electron chi connectivity index (χ3n) is 11.0. The van der Waals surface area contributed by atoms with Gasteiger partial charge >= 0.3 is 0 Å². The van der Waals surface area contributed by atoms with E-state index in [1.54, 1.807) is 35.6 Å². The van der Waals surface area contributed by atoms with Crippen molar-refractivity contribution in [1.82, 2.24) is 9.97 Å². The largest absolute Gasteiger partial charge is 0.251 e. The van der Waals surface area contributed by atoms with Gasteiger partial charge < -0.3 is 0 Å². The summed E-state index contributed by atoms with van der Waals surface area (Å²) in [6.45, 7) is 0. The molecule has 0 unspecified atom stereocenters. The van der Waals surface area contributed by atoms with Gasteiger partial charge in [-0.15, -0.1) is 11.3 Å². The Morgan fingerprint density at radius 2 is 1.05 bits per heavy atom. The van der Waals surface area contributed by atoms with Crippen LogP contribution in [0.5, 0.6) is 0 Å². The van der Waals surface area contributed by atoms with Crippen LogP contribution in [-0.4, -0.2) is 57.0 Å². The number of hydrazine groups is 1. The number of rotatable bonds is 3. The summed E-state index contributed by atoms with van der Waals surface area (Å²) in [5.74, 6) is 0.351. The van der Waals surface area contributed by atoms with Gasteiger partial charge in [0.15, 0.2) is 0 Å². The minimum Gasteiger partial charge on any atom is -0.247 e. The number of benzene rings is 8.